The predicted octanol–water partition coefficient (Wildman–Crippen LogP) is 1.96. The first-order valence-electron chi connectivity index (χ1n) is 5.85. The van der Waals surface area contributed by atoms with Crippen LogP contribution in [-0.2, 0) is 6.54 Å². The highest BCUT2D eigenvalue weighted by atomic mass is 35.5. The lowest BCUT2D eigenvalue weighted by molar-refractivity contribution is 0.332. The minimum absolute atomic E-state index is 0.541. The Morgan fingerprint density at radius 3 is 2.84 bits per heavy atom. The van der Waals surface area contributed by atoms with E-state index >= 15 is 0 Å². The molecular weight excluding hydrogens is 285 g/mol. The number of likely N-dealkylation sites (N-methyl/N-ethyl adjacent to an activating group) is 1. The van der Waals surface area contributed by atoms with Crippen molar-refractivity contribution in [1.29, 1.82) is 0 Å². The number of hydrogen-bond donors (Lipinski definition) is 1. The summed E-state index contributed by atoms with van der Waals surface area (Å²) in [5.41, 5.74) is 7.12. The van der Waals surface area contributed by atoms with E-state index in [1.165, 1.54) is 0 Å². The van der Waals surface area contributed by atoms with Crippen LogP contribution in [0.15, 0.2) is 24.4 Å². The molecule has 0 spiro atoms. The summed E-state index contributed by atoms with van der Waals surface area (Å²) < 4.78 is 1.64. The average molecular weight is 300 g/mol. The summed E-state index contributed by atoms with van der Waals surface area (Å²) in [6, 6.07) is 5.26. The lowest BCUT2D eigenvalue weighted by Crippen LogP contribution is -2.25. The van der Waals surface area contributed by atoms with Gasteiger partial charge in [0.1, 0.15) is 0 Å². The van der Waals surface area contributed by atoms with E-state index in [-0.39, 0.29) is 0 Å². The summed E-state index contributed by atoms with van der Waals surface area (Å²) in [6.07, 6.45) is 1.85. The molecule has 2 rings (SSSR count). The fraction of sp³-hybridized carbons (Fsp3) is 0.333. The summed E-state index contributed by atoms with van der Waals surface area (Å²) in [5, 5.41) is 9.32. The molecule has 0 saturated carbocycles. The SMILES string of the molecule is CN(CCN)Cc1cn(-c2ccc(Cl)cc2Cl)nn1. The van der Waals surface area contributed by atoms with E-state index in [1.807, 2.05) is 19.3 Å². The van der Waals surface area contributed by atoms with Gasteiger partial charge in [-0.05, 0) is 25.2 Å². The molecular formula is C12H15Cl2N5. The molecule has 102 valence electrons. The molecule has 19 heavy (non-hydrogen) atoms. The fourth-order valence-electron chi connectivity index (χ4n) is 1.73. The molecule has 0 aliphatic carbocycles. The first-order valence-corrected chi connectivity index (χ1v) is 6.61. The van der Waals surface area contributed by atoms with E-state index in [4.69, 9.17) is 28.9 Å². The lowest BCUT2D eigenvalue weighted by atomic mass is 10.3. The van der Waals surface area contributed by atoms with Gasteiger partial charge in [0.05, 0.1) is 22.6 Å². The molecule has 0 fully saturated rings. The van der Waals surface area contributed by atoms with Crippen molar-refractivity contribution in [2.75, 3.05) is 20.1 Å². The molecule has 0 unspecified atom stereocenters. The van der Waals surface area contributed by atoms with E-state index in [1.54, 1.807) is 16.8 Å². The Morgan fingerprint density at radius 1 is 1.37 bits per heavy atom. The summed E-state index contributed by atoms with van der Waals surface area (Å²) in [6.45, 7) is 2.13. The van der Waals surface area contributed by atoms with E-state index in [2.05, 4.69) is 15.2 Å². The molecule has 0 aliphatic rings. The Balaban J connectivity index is 2.16. The highest BCUT2D eigenvalue weighted by molar-refractivity contribution is 6.35. The largest absolute Gasteiger partial charge is 0.329 e. The summed E-state index contributed by atoms with van der Waals surface area (Å²) in [5.74, 6) is 0. The van der Waals surface area contributed by atoms with Crippen LogP contribution in [0.5, 0.6) is 0 Å². The molecule has 1 aromatic heterocycles. The van der Waals surface area contributed by atoms with Gasteiger partial charge in [-0.3, -0.25) is 4.90 Å². The van der Waals surface area contributed by atoms with Gasteiger partial charge in [0, 0.05) is 24.7 Å². The van der Waals surface area contributed by atoms with Crippen molar-refractivity contribution < 1.29 is 0 Å². The molecule has 0 amide bonds. The van der Waals surface area contributed by atoms with Crippen LogP contribution in [0.2, 0.25) is 10.0 Å². The van der Waals surface area contributed by atoms with Crippen LogP contribution in [0.1, 0.15) is 5.69 Å². The molecule has 0 aliphatic heterocycles. The number of nitrogens with two attached hydrogens (primary N) is 1. The fourth-order valence-corrected chi connectivity index (χ4v) is 2.23. The van der Waals surface area contributed by atoms with Gasteiger partial charge in [-0.1, -0.05) is 28.4 Å². The van der Waals surface area contributed by atoms with Crippen molar-refractivity contribution in [3.8, 4) is 5.69 Å². The first kappa shape index (κ1) is 14.3. The van der Waals surface area contributed by atoms with Crippen LogP contribution < -0.4 is 5.73 Å². The van der Waals surface area contributed by atoms with Crippen LogP contribution >= 0.6 is 23.2 Å². The Labute approximate surface area is 121 Å². The second-order valence-electron chi connectivity index (χ2n) is 4.28. The topological polar surface area (TPSA) is 60.0 Å². The number of aromatic nitrogens is 3. The van der Waals surface area contributed by atoms with Gasteiger partial charge in [0.15, 0.2) is 0 Å². The Bertz CT molecular complexity index is 555. The van der Waals surface area contributed by atoms with Gasteiger partial charge < -0.3 is 5.73 Å². The molecule has 1 aromatic carbocycles. The third-order valence-corrected chi connectivity index (χ3v) is 3.18. The first-order chi connectivity index (χ1) is 9.10. The van der Waals surface area contributed by atoms with Crippen molar-refractivity contribution in [1.82, 2.24) is 19.9 Å². The summed E-state index contributed by atoms with van der Waals surface area (Å²) in [7, 11) is 1.99. The van der Waals surface area contributed by atoms with Gasteiger partial charge in [0.25, 0.3) is 0 Å². The Morgan fingerprint density at radius 2 is 2.16 bits per heavy atom. The van der Waals surface area contributed by atoms with Crippen LogP contribution in [0.4, 0.5) is 0 Å². The lowest BCUT2D eigenvalue weighted by Gasteiger charge is -2.12. The zero-order valence-corrected chi connectivity index (χ0v) is 12.1. The van der Waals surface area contributed by atoms with Crippen LogP contribution in [0.3, 0.4) is 0 Å². The maximum atomic E-state index is 6.13. The van der Waals surface area contributed by atoms with Gasteiger partial charge >= 0.3 is 0 Å². The number of rotatable bonds is 5. The molecule has 1 heterocycles. The van der Waals surface area contributed by atoms with Crippen molar-refractivity contribution in [2.24, 2.45) is 5.73 Å². The second kappa shape index (κ2) is 6.34. The summed E-state index contributed by atoms with van der Waals surface area (Å²) in [4.78, 5) is 2.08. The molecule has 0 atom stereocenters. The highest BCUT2D eigenvalue weighted by Crippen LogP contribution is 2.23. The Hall–Kier alpha value is -1.14. The maximum absolute atomic E-state index is 6.13. The standard InChI is InChI=1S/C12H15Cl2N5/c1-18(5-4-15)7-10-8-19(17-16-10)12-3-2-9(13)6-11(12)14/h2-3,6,8H,4-5,7,15H2,1H3. The number of halogens is 2. The highest BCUT2D eigenvalue weighted by Gasteiger charge is 2.08. The number of benzene rings is 1. The number of nitrogens with zero attached hydrogens (tertiary/aromatic N) is 4. The molecule has 5 nitrogen and oxygen atoms in total. The van der Waals surface area contributed by atoms with Crippen LogP contribution in [0.25, 0.3) is 5.69 Å². The minimum atomic E-state index is 0.541. The van der Waals surface area contributed by atoms with Crippen LogP contribution in [-0.4, -0.2) is 40.0 Å². The van der Waals surface area contributed by atoms with Gasteiger partial charge in [0.2, 0.25) is 0 Å². The van der Waals surface area contributed by atoms with E-state index in [0.29, 0.717) is 23.1 Å². The molecule has 0 radical (unpaired) electrons. The minimum Gasteiger partial charge on any atom is -0.329 e. The zero-order valence-electron chi connectivity index (χ0n) is 10.6. The van der Waals surface area contributed by atoms with Crippen LogP contribution in [0, 0.1) is 0 Å². The molecule has 0 saturated heterocycles. The molecule has 7 heteroatoms. The van der Waals surface area contributed by atoms with Crippen molar-refractivity contribution in [2.45, 2.75) is 6.54 Å². The van der Waals surface area contributed by atoms with E-state index in [9.17, 15) is 0 Å². The summed E-state index contributed by atoms with van der Waals surface area (Å²) >= 11 is 12.0. The maximum Gasteiger partial charge on any atom is 0.0971 e. The van der Waals surface area contributed by atoms with Crippen molar-refractivity contribution in [3.05, 3.63) is 40.1 Å². The van der Waals surface area contributed by atoms with Gasteiger partial charge in [-0.15, -0.1) is 5.10 Å². The van der Waals surface area contributed by atoms with E-state index < -0.39 is 0 Å². The van der Waals surface area contributed by atoms with E-state index in [0.717, 1.165) is 17.9 Å². The van der Waals surface area contributed by atoms with Crippen molar-refractivity contribution in [3.63, 3.8) is 0 Å². The Kier molecular flexibility index (Phi) is 4.76. The van der Waals surface area contributed by atoms with Gasteiger partial charge in [-0.25, -0.2) is 4.68 Å². The number of hydrogen-bond acceptors (Lipinski definition) is 4. The molecule has 2 aromatic rings. The zero-order chi connectivity index (χ0) is 13.8. The predicted molar refractivity (Wildman–Crippen MR) is 76.8 cm³/mol. The molecule has 2 N–H and O–H groups in total. The second-order valence-corrected chi connectivity index (χ2v) is 5.12. The molecule has 0 bridgehead atoms. The third kappa shape index (κ3) is 3.67. The normalized spacial score (nSPS) is 11.2. The van der Waals surface area contributed by atoms with Crippen molar-refractivity contribution >= 4 is 23.2 Å². The smallest absolute Gasteiger partial charge is 0.0971 e. The average Bonchev–Trinajstić information content (AvgIpc) is 2.77. The quantitative estimate of drug-likeness (QED) is 0.917. The monoisotopic (exact) mass is 299 g/mol. The third-order valence-electron chi connectivity index (χ3n) is 2.64. The van der Waals surface area contributed by atoms with Gasteiger partial charge in [-0.2, -0.15) is 0 Å².